The lowest BCUT2D eigenvalue weighted by Crippen LogP contribution is -2.23. The second kappa shape index (κ2) is 7.00. The molecule has 134 valence electrons. The van der Waals surface area contributed by atoms with Crippen LogP contribution in [-0.4, -0.2) is 0 Å². The second-order valence-corrected chi connectivity index (χ2v) is 7.05. The molecule has 27 heavy (non-hydrogen) atoms. The van der Waals surface area contributed by atoms with Gasteiger partial charge in [-0.25, -0.2) is 0 Å². The Hall–Kier alpha value is -2.92. The van der Waals surface area contributed by atoms with Crippen molar-refractivity contribution in [1.82, 2.24) is 0 Å². The lowest BCUT2D eigenvalue weighted by Gasteiger charge is -2.04. The highest BCUT2D eigenvalue weighted by molar-refractivity contribution is 7.06. The maximum atomic E-state index is 12.8. The third kappa shape index (κ3) is 3.64. The fraction of sp³-hybridized carbons (Fsp3) is 0.0455. The van der Waals surface area contributed by atoms with Crippen LogP contribution in [0.4, 0.5) is 13.2 Å². The molecule has 0 saturated carbocycles. The highest BCUT2D eigenvalue weighted by Crippen LogP contribution is 2.35. The van der Waals surface area contributed by atoms with Gasteiger partial charge in [0.25, 0.3) is 0 Å². The first-order valence-electron chi connectivity index (χ1n) is 8.37. The number of halogens is 3. The van der Waals surface area contributed by atoms with Gasteiger partial charge in [0.2, 0.25) is 5.69 Å². The summed E-state index contributed by atoms with van der Waals surface area (Å²) in [6.07, 6.45) is -2.35. The van der Waals surface area contributed by atoms with Crippen LogP contribution in [-0.2, 0) is 6.18 Å². The van der Waals surface area contributed by atoms with Crippen LogP contribution >= 0.6 is 11.5 Å². The minimum absolute atomic E-state index is 0.644. The largest absolute Gasteiger partial charge is 0.416 e. The molecule has 5 heteroatoms. The van der Waals surface area contributed by atoms with E-state index in [9.17, 15) is 13.2 Å². The molecule has 0 amide bonds. The van der Waals surface area contributed by atoms with Crippen molar-refractivity contribution in [2.75, 3.05) is 0 Å². The average molecular weight is 382 g/mol. The number of rotatable bonds is 3. The first kappa shape index (κ1) is 17.5. The van der Waals surface area contributed by atoms with Gasteiger partial charge in [-0.3, -0.25) is 0 Å². The van der Waals surface area contributed by atoms with Crippen LogP contribution in [0.3, 0.4) is 0 Å². The van der Waals surface area contributed by atoms with Crippen LogP contribution in [0.5, 0.6) is 0 Å². The molecule has 1 aromatic heterocycles. The maximum absolute atomic E-state index is 12.8. The van der Waals surface area contributed by atoms with E-state index in [2.05, 4.69) is 0 Å². The number of alkyl halides is 3. The SMILES string of the molecule is FC(F)(F)c1ccc(-[n+]2cc(-c3ccccc3)c(-c3ccccc3)s2)cc1. The lowest BCUT2D eigenvalue weighted by molar-refractivity contribution is -0.519. The van der Waals surface area contributed by atoms with Crippen molar-refractivity contribution in [2.45, 2.75) is 6.18 Å². The summed E-state index contributed by atoms with van der Waals surface area (Å²) in [6.45, 7) is 0. The normalized spacial score (nSPS) is 11.5. The third-order valence-electron chi connectivity index (χ3n) is 4.25. The summed E-state index contributed by atoms with van der Waals surface area (Å²) in [5, 5.41) is 0. The molecule has 0 aliphatic heterocycles. The number of hydrogen-bond acceptors (Lipinski definition) is 1. The molecular formula is C22H15F3NS+. The van der Waals surface area contributed by atoms with Gasteiger partial charge in [-0.2, -0.15) is 13.2 Å². The van der Waals surface area contributed by atoms with Crippen molar-refractivity contribution in [3.8, 4) is 27.3 Å². The highest BCUT2D eigenvalue weighted by atomic mass is 32.1. The Labute approximate surface area is 159 Å². The van der Waals surface area contributed by atoms with Gasteiger partial charge in [-0.1, -0.05) is 60.7 Å². The van der Waals surface area contributed by atoms with E-state index in [-0.39, 0.29) is 0 Å². The summed E-state index contributed by atoms with van der Waals surface area (Å²) < 4.78 is 40.4. The summed E-state index contributed by atoms with van der Waals surface area (Å²) in [6, 6.07) is 25.2. The Balaban J connectivity index is 1.82. The minimum Gasteiger partial charge on any atom is -0.166 e. The monoisotopic (exact) mass is 382 g/mol. The fourth-order valence-electron chi connectivity index (χ4n) is 2.90. The molecular weight excluding hydrogens is 367 g/mol. The number of hydrogen-bond donors (Lipinski definition) is 0. The number of aromatic nitrogens is 1. The number of nitrogens with zero attached hydrogens (tertiary/aromatic N) is 1. The predicted octanol–water partition coefficient (Wildman–Crippen LogP) is 6.38. The van der Waals surface area contributed by atoms with Crippen LogP contribution in [0, 0.1) is 0 Å². The van der Waals surface area contributed by atoms with Crippen molar-refractivity contribution in [1.29, 1.82) is 0 Å². The lowest BCUT2D eigenvalue weighted by atomic mass is 10.0. The van der Waals surface area contributed by atoms with Gasteiger partial charge < -0.3 is 0 Å². The van der Waals surface area contributed by atoms with Crippen molar-refractivity contribution >= 4 is 11.5 Å². The van der Waals surface area contributed by atoms with E-state index in [1.807, 2.05) is 70.8 Å². The smallest absolute Gasteiger partial charge is 0.166 e. The van der Waals surface area contributed by atoms with Crippen molar-refractivity contribution < 1.29 is 17.1 Å². The van der Waals surface area contributed by atoms with E-state index >= 15 is 0 Å². The Bertz CT molecular complexity index is 980. The molecule has 0 atom stereocenters. The number of benzene rings is 3. The zero-order chi connectivity index (χ0) is 18.9. The molecule has 0 spiro atoms. The molecule has 0 unspecified atom stereocenters. The van der Waals surface area contributed by atoms with E-state index < -0.39 is 11.7 Å². The zero-order valence-electron chi connectivity index (χ0n) is 14.1. The molecule has 0 bridgehead atoms. The van der Waals surface area contributed by atoms with Gasteiger partial charge in [0.05, 0.1) is 11.1 Å². The molecule has 4 rings (SSSR count). The van der Waals surface area contributed by atoms with E-state index in [0.29, 0.717) is 5.69 Å². The summed E-state index contributed by atoms with van der Waals surface area (Å²) >= 11 is 1.51. The molecule has 0 N–H and O–H groups in total. The Morgan fingerprint density at radius 2 is 1.22 bits per heavy atom. The highest BCUT2D eigenvalue weighted by Gasteiger charge is 2.31. The summed E-state index contributed by atoms with van der Waals surface area (Å²) in [5.41, 5.74) is 3.25. The van der Waals surface area contributed by atoms with Gasteiger partial charge in [0.1, 0.15) is 16.4 Å². The second-order valence-electron chi connectivity index (χ2n) is 6.07. The fourth-order valence-corrected chi connectivity index (χ4v) is 3.99. The van der Waals surface area contributed by atoms with E-state index in [4.69, 9.17) is 0 Å². The molecule has 0 saturated heterocycles. The summed E-state index contributed by atoms with van der Waals surface area (Å²) in [4.78, 5) is 1.07. The molecule has 1 heterocycles. The average Bonchev–Trinajstić information content (AvgIpc) is 3.14. The maximum Gasteiger partial charge on any atom is 0.416 e. The standard InChI is InChI=1S/C22H15F3NS/c23-22(24,25)18-11-13-19(14-12-18)26-15-20(16-7-3-1-4-8-16)21(27-26)17-9-5-2-6-10-17/h1-15H/q+1. The molecule has 0 aliphatic rings. The molecule has 0 fully saturated rings. The van der Waals surface area contributed by atoms with Crippen LogP contribution in [0.2, 0.25) is 0 Å². The van der Waals surface area contributed by atoms with E-state index in [1.165, 1.54) is 23.7 Å². The third-order valence-corrected chi connectivity index (χ3v) is 5.40. The molecule has 1 nitrogen and oxygen atoms in total. The minimum atomic E-state index is -4.33. The van der Waals surface area contributed by atoms with Crippen LogP contribution < -0.4 is 3.96 Å². The molecule has 0 aliphatic carbocycles. The van der Waals surface area contributed by atoms with Gasteiger partial charge in [0.15, 0.2) is 6.20 Å². The van der Waals surface area contributed by atoms with Gasteiger partial charge >= 0.3 is 6.18 Å². The van der Waals surface area contributed by atoms with Crippen molar-refractivity contribution in [3.63, 3.8) is 0 Å². The van der Waals surface area contributed by atoms with Crippen molar-refractivity contribution in [3.05, 3.63) is 96.7 Å². The summed E-state index contributed by atoms with van der Waals surface area (Å²) in [7, 11) is 0. The summed E-state index contributed by atoms with van der Waals surface area (Å²) in [5.74, 6) is 0. The zero-order valence-corrected chi connectivity index (χ0v) is 15.0. The first-order valence-corrected chi connectivity index (χ1v) is 9.14. The predicted molar refractivity (Wildman–Crippen MR) is 102 cm³/mol. The Morgan fingerprint density at radius 3 is 1.78 bits per heavy atom. The first-order chi connectivity index (χ1) is 13.0. The van der Waals surface area contributed by atoms with Gasteiger partial charge in [0, 0.05) is 12.1 Å². The molecule has 0 radical (unpaired) electrons. The quantitative estimate of drug-likeness (QED) is 0.362. The van der Waals surface area contributed by atoms with Crippen molar-refractivity contribution in [2.24, 2.45) is 0 Å². The van der Waals surface area contributed by atoms with Crippen LogP contribution in [0.1, 0.15) is 5.56 Å². The molecule has 4 aromatic rings. The van der Waals surface area contributed by atoms with Crippen LogP contribution in [0.25, 0.3) is 27.3 Å². The topological polar surface area (TPSA) is 3.88 Å². The van der Waals surface area contributed by atoms with E-state index in [0.717, 1.165) is 33.7 Å². The molecule has 3 aromatic carbocycles. The Morgan fingerprint density at radius 1 is 0.667 bits per heavy atom. The Kier molecular flexibility index (Phi) is 4.54. The van der Waals surface area contributed by atoms with Crippen LogP contribution in [0.15, 0.2) is 91.1 Å². The van der Waals surface area contributed by atoms with Gasteiger partial charge in [-0.05, 0) is 23.3 Å². The van der Waals surface area contributed by atoms with Gasteiger partial charge in [-0.15, -0.1) is 3.96 Å². The van der Waals surface area contributed by atoms with E-state index in [1.54, 1.807) is 0 Å².